The van der Waals surface area contributed by atoms with Crippen molar-refractivity contribution in [2.75, 3.05) is 12.4 Å². The largest absolute Gasteiger partial charge is 0.365 e. The van der Waals surface area contributed by atoms with E-state index >= 15 is 0 Å². The minimum atomic E-state index is 0. The van der Waals surface area contributed by atoms with Crippen LogP contribution in [0.1, 0.15) is 5.56 Å². The van der Waals surface area contributed by atoms with E-state index in [-0.39, 0.29) is 17.0 Å². The van der Waals surface area contributed by atoms with Crippen LogP contribution in [0, 0.1) is 11.3 Å². The molecule has 0 radical (unpaired) electrons. The Hall–Kier alpha value is -1.38. The van der Waals surface area contributed by atoms with Gasteiger partial charge in [0.2, 0.25) is 0 Å². The minimum absolute atomic E-state index is 0. The summed E-state index contributed by atoms with van der Waals surface area (Å²) in [6.07, 6.45) is 0. The summed E-state index contributed by atoms with van der Waals surface area (Å²) in [6, 6.07) is 9.51. The fourth-order valence-corrected chi connectivity index (χ4v) is 1.92. The van der Waals surface area contributed by atoms with Gasteiger partial charge in [0.1, 0.15) is 0 Å². The van der Waals surface area contributed by atoms with Gasteiger partial charge < -0.3 is 5.32 Å². The van der Waals surface area contributed by atoms with Crippen LogP contribution in [0.15, 0.2) is 29.6 Å². The average molecular weight is 296 g/mol. The van der Waals surface area contributed by atoms with Crippen LogP contribution in [0.4, 0.5) is 5.13 Å². The van der Waals surface area contributed by atoms with Crippen molar-refractivity contribution in [2.45, 2.75) is 0 Å². The Morgan fingerprint density at radius 3 is 2.50 bits per heavy atom. The number of anilines is 1. The molecule has 3 nitrogen and oxygen atoms in total. The van der Waals surface area contributed by atoms with E-state index in [9.17, 15) is 0 Å². The highest BCUT2D eigenvalue weighted by Gasteiger charge is 2.02. The van der Waals surface area contributed by atoms with Crippen LogP contribution in [0.2, 0.25) is 0 Å². The van der Waals surface area contributed by atoms with Gasteiger partial charge >= 0.3 is 0 Å². The van der Waals surface area contributed by atoms with Gasteiger partial charge in [-0.05, 0) is 12.1 Å². The van der Waals surface area contributed by atoms with Crippen LogP contribution < -0.4 is 5.32 Å². The van der Waals surface area contributed by atoms with Crippen LogP contribution in [-0.2, 0) is 0 Å². The van der Waals surface area contributed by atoms with Crippen molar-refractivity contribution in [3.8, 4) is 17.3 Å². The fourth-order valence-electron chi connectivity index (χ4n) is 1.24. The van der Waals surface area contributed by atoms with Gasteiger partial charge in [-0.3, -0.25) is 0 Å². The molecule has 1 aromatic heterocycles. The smallest absolute Gasteiger partial charge is 0.182 e. The first-order chi connectivity index (χ1) is 7.33. The molecule has 0 atom stereocenters. The van der Waals surface area contributed by atoms with Gasteiger partial charge in [-0.25, -0.2) is 4.98 Å². The van der Waals surface area contributed by atoms with E-state index in [1.807, 2.05) is 24.6 Å². The van der Waals surface area contributed by atoms with E-state index in [1.165, 1.54) is 0 Å². The molecule has 0 saturated heterocycles. The normalized spacial score (nSPS) is 9.00. The summed E-state index contributed by atoms with van der Waals surface area (Å²) >= 11 is 1.57. The summed E-state index contributed by atoms with van der Waals surface area (Å²) in [4.78, 5) is 4.38. The average Bonchev–Trinajstić information content (AvgIpc) is 2.78. The van der Waals surface area contributed by atoms with Crippen molar-refractivity contribution in [2.24, 2.45) is 0 Å². The highest BCUT2D eigenvalue weighted by Crippen LogP contribution is 2.24. The number of thiazole rings is 1. The molecule has 0 aliphatic rings. The Morgan fingerprint density at radius 1 is 1.31 bits per heavy atom. The molecule has 2 rings (SSSR count). The predicted molar refractivity (Wildman–Crippen MR) is 72.1 cm³/mol. The molecule has 0 amide bonds. The van der Waals surface area contributed by atoms with E-state index in [0.29, 0.717) is 5.56 Å². The lowest BCUT2D eigenvalue weighted by Crippen LogP contribution is -1.86. The molecule has 0 fully saturated rings. The van der Waals surface area contributed by atoms with Gasteiger partial charge in [0, 0.05) is 18.0 Å². The SMILES string of the molecule is Br.CNc1nc(-c2ccc(C#N)cc2)cs1. The zero-order chi connectivity index (χ0) is 10.7. The van der Waals surface area contributed by atoms with E-state index in [1.54, 1.807) is 23.5 Å². The Bertz CT molecular complexity index is 499. The number of aromatic nitrogens is 1. The first-order valence-electron chi connectivity index (χ1n) is 4.47. The van der Waals surface area contributed by atoms with E-state index in [0.717, 1.165) is 16.4 Å². The van der Waals surface area contributed by atoms with Crippen molar-refractivity contribution in [1.82, 2.24) is 4.98 Å². The van der Waals surface area contributed by atoms with E-state index < -0.39 is 0 Å². The van der Waals surface area contributed by atoms with Crippen molar-refractivity contribution in [3.05, 3.63) is 35.2 Å². The number of hydrogen-bond donors (Lipinski definition) is 1. The summed E-state index contributed by atoms with van der Waals surface area (Å²) in [5, 5.41) is 14.6. The molecule has 2 aromatic rings. The topological polar surface area (TPSA) is 48.7 Å². The van der Waals surface area contributed by atoms with Gasteiger partial charge in [0.25, 0.3) is 0 Å². The highest BCUT2D eigenvalue weighted by molar-refractivity contribution is 8.93. The number of nitrogens with one attached hydrogen (secondary N) is 1. The summed E-state index contributed by atoms with van der Waals surface area (Å²) in [5.74, 6) is 0. The van der Waals surface area contributed by atoms with Gasteiger partial charge in [-0.15, -0.1) is 28.3 Å². The van der Waals surface area contributed by atoms with Gasteiger partial charge in [-0.1, -0.05) is 12.1 Å². The predicted octanol–water partition coefficient (Wildman–Crippen LogP) is 3.30. The van der Waals surface area contributed by atoms with Crippen molar-refractivity contribution in [1.29, 1.82) is 5.26 Å². The Labute approximate surface area is 109 Å². The van der Waals surface area contributed by atoms with Gasteiger partial charge in [-0.2, -0.15) is 5.26 Å². The molecule has 16 heavy (non-hydrogen) atoms. The monoisotopic (exact) mass is 295 g/mol. The van der Waals surface area contributed by atoms with Crippen LogP contribution in [0.25, 0.3) is 11.3 Å². The number of halogens is 1. The molecule has 1 heterocycles. The summed E-state index contributed by atoms with van der Waals surface area (Å²) < 4.78 is 0. The van der Waals surface area contributed by atoms with E-state index in [2.05, 4.69) is 16.4 Å². The lowest BCUT2D eigenvalue weighted by atomic mass is 10.1. The molecular formula is C11H10BrN3S. The first-order valence-corrected chi connectivity index (χ1v) is 5.35. The quantitative estimate of drug-likeness (QED) is 0.925. The van der Waals surface area contributed by atoms with Crippen LogP contribution in [-0.4, -0.2) is 12.0 Å². The summed E-state index contributed by atoms with van der Waals surface area (Å²) in [5.41, 5.74) is 2.64. The van der Waals surface area contributed by atoms with Crippen LogP contribution >= 0.6 is 28.3 Å². The summed E-state index contributed by atoms with van der Waals surface area (Å²) in [6.45, 7) is 0. The standard InChI is InChI=1S/C11H9N3S.BrH/c1-13-11-14-10(7-15-11)9-4-2-8(6-12)3-5-9;/h2-5,7H,1H3,(H,13,14);1H. The molecule has 1 aromatic carbocycles. The number of benzene rings is 1. The molecule has 0 unspecified atom stereocenters. The van der Waals surface area contributed by atoms with Crippen molar-refractivity contribution in [3.63, 3.8) is 0 Å². The molecule has 82 valence electrons. The maximum atomic E-state index is 8.67. The highest BCUT2D eigenvalue weighted by atomic mass is 79.9. The number of nitriles is 1. The third-order valence-electron chi connectivity index (χ3n) is 2.03. The third kappa shape index (κ3) is 2.60. The molecule has 5 heteroatoms. The molecule has 1 N–H and O–H groups in total. The minimum Gasteiger partial charge on any atom is -0.365 e. The molecule has 0 aliphatic heterocycles. The molecule has 0 saturated carbocycles. The van der Waals surface area contributed by atoms with Crippen molar-refractivity contribution < 1.29 is 0 Å². The number of rotatable bonds is 2. The van der Waals surface area contributed by atoms with Gasteiger partial charge in [0.15, 0.2) is 5.13 Å². The van der Waals surface area contributed by atoms with Crippen LogP contribution in [0.5, 0.6) is 0 Å². The first kappa shape index (κ1) is 12.7. The fraction of sp³-hybridized carbons (Fsp3) is 0.0909. The molecule has 0 spiro atoms. The van der Waals surface area contributed by atoms with E-state index in [4.69, 9.17) is 5.26 Å². The summed E-state index contributed by atoms with van der Waals surface area (Å²) in [7, 11) is 1.85. The Balaban J connectivity index is 0.00000128. The zero-order valence-electron chi connectivity index (χ0n) is 8.60. The Kier molecular flexibility index (Phi) is 4.47. The molecule has 0 bridgehead atoms. The number of nitrogens with zero attached hydrogens (tertiary/aromatic N) is 2. The van der Waals surface area contributed by atoms with Gasteiger partial charge in [0.05, 0.1) is 17.3 Å². The lowest BCUT2D eigenvalue weighted by Gasteiger charge is -1.95. The second-order valence-corrected chi connectivity index (χ2v) is 3.84. The van der Waals surface area contributed by atoms with Crippen molar-refractivity contribution >= 4 is 33.4 Å². The second kappa shape index (κ2) is 5.64. The zero-order valence-corrected chi connectivity index (χ0v) is 11.1. The third-order valence-corrected chi connectivity index (χ3v) is 2.89. The van der Waals surface area contributed by atoms with Crippen LogP contribution in [0.3, 0.4) is 0 Å². The lowest BCUT2D eigenvalue weighted by molar-refractivity contribution is 1.36. The maximum Gasteiger partial charge on any atom is 0.182 e. The maximum absolute atomic E-state index is 8.67. The second-order valence-electron chi connectivity index (χ2n) is 2.98. The number of hydrogen-bond acceptors (Lipinski definition) is 4. The molecule has 0 aliphatic carbocycles. The molecular weight excluding hydrogens is 286 g/mol. The Morgan fingerprint density at radius 2 is 2.00 bits per heavy atom.